The second-order valence-electron chi connectivity index (χ2n) is 8.53. The molecule has 4 aromatic carbocycles. The number of hydrogen-bond donors (Lipinski definition) is 0. The second-order valence-corrected chi connectivity index (χ2v) is 8.53. The molecule has 0 atom stereocenters. The second kappa shape index (κ2) is 10.7. The normalized spacial score (nSPS) is 10.9. The Hall–Kier alpha value is -3.65. The first-order valence-corrected chi connectivity index (χ1v) is 11.5. The van der Waals surface area contributed by atoms with E-state index < -0.39 is 23.3 Å². The lowest BCUT2D eigenvalue weighted by molar-refractivity contribution is 0.548. The first-order valence-electron chi connectivity index (χ1n) is 11.5. The van der Waals surface area contributed by atoms with Gasteiger partial charge >= 0.3 is 0 Å². The van der Waals surface area contributed by atoms with E-state index >= 15 is 0 Å². The summed E-state index contributed by atoms with van der Waals surface area (Å²) < 4.78 is 71.4. The number of halogens is 5. The molecule has 0 saturated heterocycles. The van der Waals surface area contributed by atoms with Gasteiger partial charge in [0, 0.05) is 11.1 Å². The average Bonchev–Trinajstić information content (AvgIpc) is 2.81. The molecule has 4 rings (SSSR count). The maximum absolute atomic E-state index is 14.6. The van der Waals surface area contributed by atoms with Gasteiger partial charge in [0.15, 0.2) is 0 Å². The van der Waals surface area contributed by atoms with Crippen molar-refractivity contribution in [2.24, 2.45) is 0 Å². The molecule has 0 spiro atoms. The number of rotatable bonds is 6. The minimum absolute atomic E-state index is 0.0205. The highest BCUT2D eigenvalue weighted by Crippen LogP contribution is 2.22. The van der Waals surface area contributed by atoms with Gasteiger partial charge in [0.05, 0.1) is 5.56 Å². The first-order chi connectivity index (χ1) is 16.8. The monoisotopic (exact) mass is 478 g/mol. The molecular weight excluding hydrogens is 455 g/mol. The Balaban J connectivity index is 1.51. The fourth-order valence-corrected chi connectivity index (χ4v) is 4.01. The Kier molecular flexibility index (Phi) is 7.51. The molecule has 0 aliphatic rings. The minimum Gasteiger partial charge on any atom is -0.207 e. The fourth-order valence-electron chi connectivity index (χ4n) is 4.01. The van der Waals surface area contributed by atoms with Crippen molar-refractivity contribution in [3.8, 4) is 11.8 Å². The molecule has 0 radical (unpaired) electrons. The molecule has 0 fully saturated rings. The van der Waals surface area contributed by atoms with E-state index in [0.29, 0.717) is 22.9 Å². The molecule has 35 heavy (non-hydrogen) atoms. The largest absolute Gasteiger partial charge is 0.207 e. The van der Waals surface area contributed by atoms with Gasteiger partial charge in [-0.15, -0.1) is 0 Å². The van der Waals surface area contributed by atoms with Crippen molar-refractivity contribution in [2.45, 2.75) is 39.0 Å². The quantitative estimate of drug-likeness (QED) is 0.194. The lowest BCUT2D eigenvalue weighted by atomic mass is 9.99. The topological polar surface area (TPSA) is 0 Å². The van der Waals surface area contributed by atoms with Crippen molar-refractivity contribution in [1.82, 2.24) is 0 Å². The maximum atomic E-state index is 14.6. The van der Waals surface area contributed by atoms with Crippen LogP contribution in [0.3, 0.4) is 0 Å². The van der Waals surface area contributed by atoms with Gasteiger partial charge in [0.25, 0.3) is 0 Å². The zero-order valence-electron chi connectivity index (χ0n) is 19.2. The SMILES string of the molecule is CCCCc1cc(F)c(CCc2cc(F)c(C#Cc3ccc4cc(F)ccc4c3)c(F)c2)c(F)c1. The number of aryl methyl sites for hydroxylation is 2. The molecule has 0 saturated carbocycles. The summed E-state index contributed by atoms with van der Waals surface area (Å²) in [6.07, 6.45) is 2.42. The van der Waals surface area contributed by atoms with E-state index in [9.17, 15) is 22.0 Å². The summed E-state index contributed by atoms with van der Waals surface area (Å²) in [5.41, 5.74) is 0.938. The van der Waals surface area contributed by atoms with Crippen molar-refractivity contribution < 1.29 is 22.0 Å². The number of benzene rings is 4. The smallest absolute Gasteiger partial charge is 0.142 e. The Morgan fingerprint density at radius 3 is 1.89 bits per heavy atom. The van der Waals surface area contributed by atoms with Gasteiger partial charge in [-0.3, -0.25) is 0 Å². The predicted molar refractivity (Wildman–Crippen MR) is 129 cm³/mol. The summed E-state index contributed by atoms with van der Waals surface area (Å²) in [5, 5.41) is 1.45. The van der Waals surface area contributed by atoms with Gasteiger partial charge in [-0.1, -0.05) is 37.3 Å². The van der Waals surface area contributed by atoms with Crippen LogP contribution in [-0.2, 0) is 19.3 Å². The molecule has 0 aliphatic carbocycles. The number of hydrogen-bond acceptors (Lipinski definition) is 0. The van der Waals surface area contributed by atoms with Crippen LogP contribution in [0.15, 0.2) is 60.7 Å². The van der Waals surface area contributed by atoms with Crippen LogP contribution in [0.25, 0.3) is 10.8 Å². The summed E-state index contributed by atoms with van der Waals surface area (Å²) in [5.74, 6) is 1.94. The lowest BCUT2D eigenvalue weighted by Gasteiger charge is -2.09. The van der Waals surface area contributed by atoms with Crippen LogP contribution >= 0.6 is 0 Å². The average molecular weight is 479 g/mol. The zero-order valence-corrected chi connectivity index (χ0v) is 19.2. The Labute approximate surface area is 201 Å². The summed E-state index contributed by atoms with van der Waals surface area (Å²) in [6.45, 7) is 2.00. The summed E-state index contributed by atoms with van der Waals surface area (Å²) in [7, 11) is 0. The highest BCUT2D eigenvalue weighted by atomic mass is 19.1. The van der Waals surface area contributed by atoms with Gasteiger partial charge in [-0.2, -0.15) is 0 Å². The molecule has 0 unspecified atom stereocenters. The minimum atomic E-state index is -0.841. The summed E-state index contributed by atoms with van der Waals surface area (Å²) >= 11 is 0. The Morgan fingerprint density at radius 2 is 1.20 bits per heavy atom. The van der Waals surface area contributed by atoms with Crippen LogP contribution in [0, 0.1) is 40.9 Å². The van der Waals surface area contributed by atoms with Crippen LogP contribution in [0.4, 0.5) is 22.0 Å². The van der Waals surface area contributed by atoms with Crippen molar-refractivity contribution >= 4 is 10.8 Å². The van der Waals surface area contributed by atoms with Crippen molar-refractivity contribution in [1.29, 1.82) is 0 Å². The third kappa shape index (κ3) is 5.89. The van der Waals surface area contributed by atoms with Crippen molar-refractivity contribution in [2.75, 3.05) is 0 Å². The van der Waals surface area contributed by atoms with E-state index in [0.717, 1.165) is 30.4 Å². The van der Waals surface area contributed by atoms with Crippen molar-refractivity contribution in [3.63, 3.8) is 0 Å². The molecule has 178 valence electrons. The van der Waals surface area contributed by atoms with Gasteiger partial charge < -0.3 is 0 Å². The van der Waals surface area contributed by atoms with Gasteiger partial charge in [-0.25, -0.2) is 22.0 Å². The molecular formula is C30H23F5. The molecule has 4 aromatic rings. The molecule has 0 N–H and O–H groups in total. The van der Waals surface area contributed by atoms with Crippen LogP contribution in [0.5, 0.6) is 0 Å². The first kappa shape index (κ1) is 24.5. The number of fused-ring (bicyclic) bond motifs is 1. The van der Waals surface area contributed by atoms with Crippen LogP contribution in [-0.4, -0.2) is 0 Å². The molecule has 0 amide bonds. The third-order valence-electron chi connectivity index (χ3n) is 5.92. The highest BCUT2D eigenvalue weighted by molar-refractivity contribution is 5.84. The maximum Gasteiger partial charge on any atom is 0.142 e. The third-order valence-corrected chi connectivity index (χ3v) is 5.92. The Morgan fingerprint density at radius 1 is 0.600 bits per heavy atom. The van der Waals surface area contributed by atoms with E-state index in [-0.39, 0.29) is 35.3 Å². The summed E-state index contributed by atoms with van der Waals surface area (Å²) in [4.78, 5) is 0. The zero-order chi connectivity index (χ0) is 24.9. The predicted octanol–water partition coefficient (Wildman–Crippen LogP) is 8.06. The highest BCUT2D eigenvalue weighted by Gasteiger charge is 2.14. The molecule has 0 aliphatic heterocycles. The van der Waals surface area contributed by atoms with E-state index in [4.69, 9.17) is 0 Å². The van der Waals surface area contributed by atoms with E-state index in [1.54, 1.807) is 24.3 Å². The van der Waals surface area contributed by atoms with Crippen molar-refractivity contribution in [3.05, 3.63) is 118 Å². The molecule has 5 heteroatoms. The van der Waals surface area contributed by atoms with Gasteiger partial charge in [0.2, 0.25) is 0 Å². The van der Waals surface area contributed by atoms with Crippen LogP contribution < -0.4 is 0 Å². The van der Waals surface area contributed by atoms with E-state index in [1.807, 2.05) is 6.92 Å². The lowest BCUT2D eigenvalue weighted by Crippen LogP contribution is -2.02. The molecule has 0 heterocycles. The van der Waals surface area contributed by atoms with Gasteiger partial charge in [-0.05, 0) is 96.1 Å². The standard InChI is InChI=1S/C30H23F5/c1-2-3-4-20-14-27(32)26(28(33)15-20)12-7-21-16-29(34)25(30(35)17-21)11-6-19-5-8-23-18-24(31)10-9-22(23)13-19/h5,8-10,13-18H,2-4,7,12H2,1H3. The van der Waals surface area contributed by atoms with Gasteiger partial charge in [0.1, 0.15) is 29.1 Å². The molecule has 0 aromatic heterocycles. The fraction of sp³-hybridized carbons (Fsp3) is 0.200. The Bertz CT molecular complexity index is 1400. The van der Waals surface area contributed by atoms with Crippen LogP contribution in [0.1, 0.15) is 47.6 Å². The summed E-state index contributed by atoms with van der Waals surface area (Å²) in [6, 6.07) is 14.3. The van der Waals surface area contributed by atoms with Crippen LogP contribution in [0.2, 0.25) is 0 Å². The van der Waals surface area contributed by atoms with E-state index in [2.05, 4.69) is 11.8 Å². The number of unbranched alkanes of at least 4 members (excludes halogenated alkanes) is 1. The molecule has 0 nitrogen and oxygen atoms in total. The molecule has 0 bridgehead atoms. The van der Waals surface area contributed by atoms with E-state index in [1.165, 1.54) is 24.3 Å².